The largest absolute Gasteiger partial charge is 0.460 e. The van der Waals surface area contributed by atoms with E-state index in [9.17, 15) is 24.3 Å². The molecule has 0 amide bonds. The van der Waals surface area contributed by atoms with E-state index >= 15 is 0 Å². The summed E-state index contributed by atoms with van der Waals surface area (Å²) < 4.78 is 24.9. The maximum Gasteiger partial charge on any atom is 0.303 e. The first-order valence-electron chi connectivity index (χ1n) is 7.06. The summed E-state index contributed by atoms with van der Waals surface area (Å²) in [7, 11) is 0. The zero-order chi connectivity index (χ0) is 18.5. The number of hydrogen-bond acceptors (Lipinski definition) is 10. The second-order valence-electron chi connectivity index (χ2n) is 5.19. The van der Waals surface area contributed by atoms with E-state index in [1.54, 1.807) is 0 Å². The van der Waals surface area contributed by atoms with Crippen molar-refractivity contribution in [3.63, 3.8) is 0 Å². The van der Waals surface area contributed by atoms with Gasteiger partial charge in [-0.15, -0.1) is 0 Å². The van der Waals surface area contributed by atoms with E-state index in [0.29, 0.717) is 0 Å². The van der Waals surface area contributed by atoms with Crippen LogP contribution in [-0.2, 0) is 42.9 Å². The maximum atomic E-state index is 11.4. The van der Waals surface area contributed by atoms with Gasteiger partial charge in [-0.25, -0.2) is 0 Å². The highest BCUT2D eigenvalue weighted by molar-refractivity contribution is 5.68. The van der Waals surface area contributed by atoms with Crippen molar-refractivity contribution in [3.8, 4) is 0 Å². The molecule has 24 heavy (non-hydrogen) atoms. The number of ether oxygens (including phenoxy) is 5. The quantitative estimate of drug-likeness (QED) is 0.490. The zero-order valence-electron chi connectivity index (χ0n) is 13.8. The Balaban J connectivity index is 3.14. The normalized spacial score (nSPS) is 29.3. The van der Waals surface area contributed by atoms with Gasteiger partial charge in [0.1, 0.15) is 6.61 Å². The first kappa shape index (κ1) is 19.8. The molecular weight excluding hydrogens is 328 g/mol. The smallest absolute Gasteiger partial charge is 0.303 e. The third-order valence-corrected chi connectivity index (χ3v) is 3.00. The van der Waals surface area contributed by atoms with Crippen LogP contribution < -0.4 is 0 Å². The molecule has 0 bridgehead atoms. The Morgan fingerprint density at radius 3 is 1.96 bits per heavy atom. The van der Waals surface area contributed by atoms with E-state index in [1.165, 1.54) is 0 Å². The van der Waals surface area contributed by atoms with Crippen LogP contribution in [0.1, 0.15) is 27.7 Å². The van der Waals surface area contributed by atoms with Crippen molar-refractivity contribution in [2.75, 3.05) is 13.2 Å². The molecule has 0 spiro atoms. The van der Waals surface area contributed by atoms with Crippen molar-refractivity contribution >= 4 is 23.9 Å². The van der Waals surface area contributed by atoms with Crippen LogP contribution in [0.2, 0.25) is 0 Å². The lowest BCUT2D eigenvalue weighted by Crippen LogP contribution is -2.65. The molecule has 0 aromatic rings. The van der Waals surface area contributed by atoms with E-state index in [2.05, 4.69) is 0 Å². The third-order valence-electron chi connectivity index (χ3n) is 3.00. The summed E-state index contributed by atoms with van der Waals surface area (Å²) in [5, 5.41) is 10.6. The third kappa shape index (κ3) is 5.46. The molecule has 136 valence electrons. The van der Waals surface area contributed by atoms with Crippen molar-refractivity contribution in [2.24, 2.45) is 0 Å². The van der Waals surface area contributed by atoms with Gasteiger partial charge in [-0.05, 0) is 0 Å². The monoisotopic (exact) mass is 348 g/mol. The van der Waals surface area contributed by atoms with Gasteiger partial charge in [0.25, 0.3) is 0 Å². The SMILES string of the molecule is CC(=O)OC[C@@]1(O)OC[C@@H](OC(C)=O)[C@@H](OC(C)=O)[C@@H]1OC(C)=O. The van der Waals surface area contributed by atoms with Crippen molar-refractivity contribution in [1.29, 1.82) is 0 Å². The Morgan fingerprint density at radius 1 is 0.958 bits per heavy atom. The predicted molar refractivity (Wildman–Crippen MR) is 74.2 cm³/mol. The molecule has 0 aliphatic carbocycles. The number of carbonyl (C=O) groups excluding carboxylic acids is 4. The van der Waals surface area contributed by atoms with Crippen LogP contribution in [0.15, 0.2) is 0 Å². The highest BCUT2D eigenvalue weighted by atomic mass is 16.7. The van der Waals surface area contributed by atoms with E-state index < -0.39 is 54.6 Å². The Hall–Kier alpha value is -2.20. The number of aliphatic hydroxyl groups is 1. The minimum absolute atomic E-state index is 0.368. The van der Waals surface area contributed by atoms with E-state index in [1.807, 2.05) is 0 Å². The first-order chi connectivity index (χ1) is 11.0. The van der Waals surface area contributed by atoms with Crippen molar-refractivity contribution in [3.05, 3.63) is 0 Å². The molecule has 1 N–H and O–H groups in total. The van der Waals surface area contributed by atoms with Gasteiger partial charge in [-0.1, -0.05) is 0 Å². The molecular formula is C14H20O10. The average molecular weight is 348 g/mol. The molecule has 0 radical (unpaired) electrons. The molecule has 1 aliphatic heterocycles. The second-order valence-corrected chi connectivity index (χ2v) is 5.19. The number of esters is 4. The van der Waals surface area contributed by atoms with Crippen molar-refractivity contribution < 1.29 is 48.0 Å². The van der Waals surface area contributed by atoms with Gasteiger partial charge in [-0.2, -0.15) is 0 Å². The molecule has 1 fully saturated rings. The summed E-state index contributed by atoms with van der Waals surface area (Å²) in [6, 6.07) is 0. The molecule has 0 unspecified atom stereocenters. The standard InChI is InChI=1S/C14H20O10/c1-7(15)20-6-14(19)13(24-10(4)18)12(23-9(3)17)11(5-21-14)22-8(2)16/h11-13,19H,5-6H2,1-4H3/t11-,12-,13+,14-/m1/s1. The van der Waals surface area contributed by atoms with Crippen LogP contribution in [0.5, 0.6) is 0 Å². The number of carbonyl (C=O) groups is 4. The number of rotatable bonds is 5. The fourth-order valence-electron chi connectivity index (χ4n) is 2.17. The molecule has 1 rings (SSSR count). The fourth-order valence-corrected chi connectivity index (χ4v) is 2.17. The highest BCUT2D eigenvalue weighted by Crippen LogP contribution is 2.31. The zero-order valence-corrected chi connectivity index (χ0v) is 13.8. The molecule has 10 heteroatoms. The molecule has 1 heterocycles. The van der Waals surface area contributed by atoms with Gasteiger partial charge in [0.05, 0.1) is 6.61 Å². The summed E-state index contributed by atoms with van der Waals surface area (Å²) in [6.07, 6.45) is -4.03. The topological polar surface area (TPSA) is 135 Å². The van der Waals surface area contributed by atoms with E-state index in [0.717, 1.165) is 27.7 Å². The summed E-state index contributed by atoms with van der Waals surface area (Å²) in [5.74, 6) is -5.24. The van der Waals surface area contributed by atoms with Crippen LogP contribution >= 0.6 is 0 Å². The minimum atomic E-state index is -2.27. The summed E-state index contributed by atoms with van der Waals surface area (Å²) in [4.78, 5) is 44.9. The van der Waals surface area contributed by atoms with Crippen molar-refractivity contribution in [2.45, 2.75) is 51.8 Å². The van der Waals surface area contributed by atoms with Crippen LogP contribution in [0, 0.1) is 0 Å². The van der Waals surface area contributed by atoms with Crippen LogP contribution in [0.3, 0.4) is 0 Å². The molecule has 0 saturated carbocycles. The van der Waals surface area contributed by atoms with Crippen LogP contribution in [-0.4, -0.2) is 66.3 Å². The lowest BCUT2D eigenvalue weighted by molar-refractivity contribution is -0.335. The van der Waals surface area contributed by atoms with Crippen LogP contribution in [0.25, 0.3) is 0 Å². The maximum absolute atomic E-state index is 11.4. The summed E-state index contributed by atoms with van der Waals surface area (Å²) in [5.41, 5.74) is 0. The molecule has 1 aliphatic rings. The first-order valence-corrected chi connectivity index (χ1v) is 7.06. The summed E-state index contributed by atoms with van der Waals surface area (Å²) >= 11 is 0. The van der Waals surface area contributed by atoms with E-state index in [4.69, 9.17) is 23.7 Å². The van der Waals surface area contributed by atoms with Gasteiger partial charge in [0, 0.05) is 27.7 Å². The lowest BCUT2D eigenvalue weighted by atomic mass is 9.96. The molecule has 1 saturated heterocycles. The van der Waals surface area contributed by atoms with Gasteiger partial charge >= 0.3 is 23.9 Å². The van der Waals surface area contributed by atoms with Gasteiger partial charge in [-0.3, -0.25) is 19.2 Å². The molecule has 4 atom stereocenters. The Labute approximate surface area is 137 Å². The van der Waals surface area contributed by atoms with Gasteiger partial charge < -0.3 is 28.8 Å². The lowest BCUT2D eigenvalue weighted by Gasteiger charge is -2.44. The average Bonchev–Trinajstić information content (AvgIpc) is 2.43. The fraction of sp³-hybridized carbons (Fsp3) is 0.714. The molecule has 0 aromatic heterocycles. The predicted octanol–water partition coefficient (Wildman–Crippen LogP) is -0.937. The Morgan fingerprint density at radius 2 is 1.50 bits per heavy atom. The second kappa shape index (κ2) is 8.06. The molecule has 0 aromatic carbocycles. The number of hydrogen-bond donors (Lipinski definition) is 1. The Kier molecular flexibility index (Phi) is 6.67. The minimum Gasteiger partial charge on any atom is -0.460 e. The van der Waals surface area contributed by atoms with Gasteiger partial charge in [0.2, 0.25) is 5.79 Å². The van der Waals surface area contributed by atoms with Gasteiger partial charge in [0.15, 0.2) is 18.3 Å². The molecule has 10 nitrogen and oxygen atoms in total. The summed E-state index contributed by atoms with van der Waals surface area (Å²) in [6.45, 7) is 3.35. The van der Waals surface area contributed by atoms with Crippen LogP contribution in [0.4, 0.5) is 0 Å². The highest BCUT2D eigenvalue weighted by Gasteiger charge is 2.56. The Bertz CT molecular complexity index is 516. The van der Waals surface area contributed by atoms with E-state index in [-0.39, 0.29) is 6.61 Å². The van der Waals surface area contributed by atoms with Crippen molar-refractivity contribution in [1.82, 2.24) is 0 Å².